The molecule has 32 heteroatoms. The molecule has 0 aliphatic heterocycles. The predicted molar refractivity (Wildman–Crippen MR) is 210 cm³/mol. The van der Waals surface area contributed by atoms with E-state index >= 15 is 0 Å². The lowest BCUT2D eigenvalue weighted by Gasteiger charge is -2.46. The molecule has 0 amide bonds. The van der Waals surface area contributed by atoms with Gasteiger partial charge in [0.1, 0.15) is 15.9 Å². The predicted octanol–water partition coefficient (Wildman–Crippen LogP) is 10.5. The van der Waals surface area contributed by atoms with Crippen LogP contribution in [0.25, 0.3) is 0 Å². The zero-order valence-electron chi connectivity index (χ0n) is 34.8. The Balaban J connectivity index is 0.000000500. The Morgan fingerprint density at radius 3 is 0.635 bits per heavy atom. The van der Waals surface area contributed by atoms with E-state index in [1.54, 1.807) is 12.1 Å². The van der Waals surface area contributed by atoms with Gasteiger partial charge in [-0.1, -0.05) is 71.2 Å². The van der Waals surface area contributed by atoms with Crippen LogP contribution >= 0.6 is 22.7 Å². The summed E-state index contributed by atoms with van der Waals surface area (Å²) >= 11 is 2.05. The van der Waals surface area contributed by atoms with Crippen molar-refractivity contribution in [2.24, 2.45) is 0 Å². The summed E-state index contributed by atoms with van der Waals surface area (Å²) in [5.41, 5.74) is -30.2. The molecule has 0 bridgehead atoms. The largest absolute Gasteiger partial charge is 0.477 e. The van der Waals surface area contributed by atoms with E-state index in [1.807, 2.05) is 12.1 Å². The number of carboxylic acids is 2. The van der Waals surface area contributed by atoms with Gasteiger partial charge in [-0.3, -0.25) is 0 Å². The molecule has 0 fully saturated rings. The Labute approximate surface area is 414 Å². The van der Waals surface area contributed by atoms with Crippen molar-refractivity contribution in [3.63, 3.8) is 0 Å². The summed E-state index contributed by atoms with van der Waals surface area (Å²) in [6.07, 6.45) is -54.8. The second-order valence-electron chi connectivity index (χ2n) is 15.1. The van der Waals surface area contributed by atoms with Crippen LogP contribution < -0.4 is 43.1 Å². The fourth-order valence-corrected chi connectivity index (χ4v) is 13.1. The van der Waals surface area contributed by atoms with E-state index in [4.69, 9.17) is 10.2 Å². The second-order valence-corrected chi connectivity index (χ2v) is 21.6. The number of rotatable bonds is 8. The highest BCUT2D eigenvalue weighted by Crippen LogP contribution is 2.41. The van der Waals surface area contributed by atoms with Crippen LogP contribution in [0.4, 0.5) is 105 Å². The average Bonchev–Trinajstić information content (AvgIpc) is 3.92. The highest BCUT2D eigenvalue weighted by molar-refractivity contribution is 7.20. The molecule has 400 valence electrons. The molecular weight excluding hydrogens is 1230 g/mol. The van der Waals surface area contributed by atoms with E-state index in [0.717, 1.165) is 5.77 Å². The third kappa shape index (κ3) is 13.6. The van der Waals surface area contributed by atoms with E-state index in [-0.39, 0.29) is 0 Å². The van der Waals surface area contributed by atoms with Crippen molar-refractivity contribution in [3.05, 3.63) is 157 Å². The smallest absolute Gasteiger partial charge is 0.416 e. The third-order valence-corrected chi connectivity index (χ3v) is 16.1. The molecule has 0 atom stereocenters. The first kappa shape index (κ1) is 59.2. The molecule has 6 rings (SSSR count). The van der Waals surface area contributed by atoms with Crippen LogP contribution in [0, 0.1) is 5.77 Å². The molecule has 0 saturated carbocycles. The summed E-state index contributed by atoms with van der Waals surface area (Å²) in [5, 5.41) is 17.6. The Kier molecular flexibility index (Phi) is 16.1. The van der Waals surface area contributed by atoms with Crippen molar-refractivity contribution in [3.8, 4) is 0 Å². The number of halogens is 25. The zero-order chi connectivity index (χ0) is 56.3. The molecule has 0 radical (unpaired) electrons. The van der Waals surface area contributed by atoms with Gasteiger partial charge in [-0.2, -0.15) is 127 Å². The normalized spacial score (nSPS) is 13.4. The third-order valence-electron chi connectivity index (χ3n) is 10.2. The monoisotopic (exact) mass is 1240 g/mol. The van der Waals surface area contributed by atoms with Gasteiger partial charge in [0.25, 0.3) is 0 Å². The van der Waals surface area contributed by atoms with Gasteiger partial charge in [-0.25, -0.2) is 9.59 Å². The quantitative estimate of drug-likeness (QED) is 0.0905. The molecule has 74 heavy (non-hydrogen) atoms. The maximum absolute atomic E-state index is 14.2. The number of aromatic carboxylic acids is 2. The van der Waals surface area contributed by atoms with E-state index in [2.05, 4.69) is 0 Å². The van der Waals surface area contributed by atoms with Crippen molar-refractivity contribution < 1.29 is 146 Å². The van der Waals surface area contributed by atoms with Crippen molar-refractivity contribution in [1.82, 2.24) is 0 Å². The SMILES string of the molecule is FC(F)(F)c1cc([B-](c2cc(C(F)(F)F)cc(C(F)(F)F)c2)(c2cc(C(F)(F)F)cc(C(F)(F)F)c2)c2cc(C(F)(F)F)cc(C(F)(F)F)c2)cc(C(F)(F)F)c1.O=C(O)c1ccc([I+]c2ccc(C(=O)O)s2)s1. The van der Waals surface area contributed by atoms with Crippen LogP contribution in [-0.2, 0) is 49.4 Å². The van der Waals surface area contributed by atoms with Crippen molar-refractivity contribution >= 4 is 62.6 Å². The number of alkyl halides is 24. The van der Waals surface area contributed by atoms with Crippen LogP contribution in [0.3, 0.4) is 0 Å². The van der Waals surface area contributed by atoms with E-state index in [9.17, 15) is 115 Å². The molecule has 2 heterocycles. The van der Waals surface area contributed by atoms with Crippen LogP contribution in [-0.4, -0.2) is 28.3 Å². The fourth-order valence-electron chi connectivity index (χ4n) is 7.12. The number of benzene rings is 4. The van der Waals surface area contributed by atoms with Gasteiger partial charge >= 0.3 is 82.6 Å². The maximum Gasteiger partial charge on any atom is 0.416 e. The lowest BCUT2D eigenvalue weighted by molar-refractivity contribution is -0.585. The second kappa shape index (κ2) is 20.1. The average molecular weight is 1240 g/mol. The van der Waals surface area contributed by atoms with Crippen molar-refractivity contribution in [1.29, 1.82) is 0 Å². The summed E-state index contributed by atoms with van der Waals surface area (Å²) in [6, 6.07) is -2.01. The molecule has 0 saturated heterocycles. The van der Waals surface area contributed by atoms with Gasteiger partial charge in [0.15, 0.2) is 0 Å². The first-order chi connectivity index (χ1) is 33.3. The van der Waals surface area contributed by atoms with Crippen molar-refractivity contribution in [2.45, 2.75) is 49.4 Å². The molecule has 0 aliphatic carbocycles. The molecule has 6 aromatic rings. The molecule has 0 spiro atoms. The van der Waals surface area contributed by atoms with E-state index < -0.39 is 228 Å². The lowest BCUT2D eigenvalue weighted by atomic mass is 9.12. The Morgan fingerprint density at radius 1 is 0.324 bits per heavy atom. The summed E-state index contributed by atoms with van der Waals surface area (Å²) in [7, 11) is 0. The molecule has 4 nitrogen and oxygen atoms in total. The molecule has 4 aromatic carbocycles. The Morgan fingerprint density at radius 2 is 0.500 bits per heavy atom. The minimum absolute atomic E-state index is 0.328. The Bertz CT molecular complexity index is 2580. The van der Waals surface area contributed by atoms with Crippen molar-refractivity contribution in [2.75, 3.05) is 0 Å². The zero-order valence-corrected chi connectivity index (χ0v) is 38.6. The number of carbonyl (C=O) groups is 2. The summed E-state index contributed by atoms with van der Waals surface area (Å²) in [4.78, 5) is 22.1. The highest BCUT2D eigenvalue weighted by atomic mass is 127. The topological polar surface area (TPSA) is 74.6 Å². The molecular formula is C42H18BF24IO4S2. The summed E-state index contributed by atoms with van der Waals surface area (Å²) < 4.78 is 343. The van der Waals surface area contributed by atoms with Crippen LogP contribution in [0.5, 0.6) is 0 Å². The minimum Gasteiger partial charge on any atom is -0.477 e. The maximum atomic E-state index is 14.2. The summed E-state index contributed by atoms with van der Waals surface area (Å²) in [6.45, 7) is 0. The number of hydrogen-bond acceptors (Lipinski definition) is 4. The van der Waals surface area contributed by atoms with Crippen LogP contribution in [0.15, 0.2) is 97.1 Å². The van der Waals surface area contributed by atoms with Gasteiger partial charge in [0, 0.05) is 12.1 Å². The number of thiophene rings is 2. The van der Waals surface area contributed by atoms with E-state index in [0.29, 0.717) is 9.75 Å². The first-order valence-corrected chi connectivity index (χ1v) is 22.8. The van der Waals surface area contributed by atoms with Crippen LogP contribution in [0.2, 0.25) is 0 Å². The minimum atomic E-state index is -6.13. The number of carboxylic acid groups (broad SMARTS) is 2. The van der Waals surface area contributed by atoms with E-state index in [1.165, 1.54) is 22.7 Å². The van der Waals surface area contributed by atoms with Gasteiger partial charge in [-0.05, 0) is 36.4 Å². The molecule has 0 aliphatic rings. The van der Waals surface area contributed by atoms with Crippen LogP contribution in [0.1, 0.15) is 63.9 Å². The first-order valence-electron chi connectivity index (χ1n) is 19.0. The summed E-state index contributed by atoms with van der Waals surface area (Å²) in [5.74, 6) is -1.83. The number of hydrogen-bond donors (Lipinski definition) is 2. The van der Waals surface area contributed by atoms with Gasteiger partial charge in [0.2, 0.25) is 5.77 Å². The van der Waals surface area contributed by atoms with Gasteiger partial charge in [-0.15, -0.1) is 0 Å². The highest BCUT2D eigenvalue weighted by Gasteiger charge is 2.47. The fraction of sp³-hybridized carbons (Fsp3) is 0.190. The molecule has 2 aromatic heterocycles. The van der Waals surface area contributed by atoms with Gasteiger partial charge < -0.3 is 10.2 Å². The molecule has 0 unspecified atom stereocenters. The molecule has 2 N–H and O–H groups in total. The Hall–Kier alpha value is -5.67. The standard InChI is InChI=1S/C32H12BF24.C10H5IO4S2/c34-25(35,36)13-1-14(26(37,38)39)6-21(5-13)33(22-7-15(27(40,41)42)2-16(8-22)28(43,44)45,23-9-17(29(46,47)48)3-18(10-23)30(49,50)51)24-11-19(31(52,53)54)4-20(12-24)32(55,56)57;12-9(13)5-1-3-7(16-5)11-8-4-2-6(17-8)10(14)15/h1-12H;1-4H,(H-,12,13,14,15)/q-1;/p+1. The van der Waals surface area contributed by atoms with Gasteiger partial charge in [0.05, 0.1) is 44.5 Å². The lowest BCUT2D eigenvalue weighted by Crippen LogP contribution is -3.61.